The number of carbonyl (C=O) groups is 2. The molecule has 1 atom stereocenters. The monoisotopic (exact) mass is 382 g/mol. The molecule has 0 radical (unpaired) electrons. The smallest absolute Gasteiger partial charge is 0.407 e. The van der Waals surface area contributed by atoms with Gasteiger partial charge in [0.1, 0.15) is 22.8 Å². The van der Waals surface area contributed by atoms with E-state index in [1.807, 2.05) is 0 Å². The molecule has 2 N–H and O–H groups in total. The first kappa shape index (κ1) is 20.4. The van der Waals surface area contributed by atoms with Crippen molar-refractivity contribution in [3.63, 3.8) is 0 Å². The van der Waals surface area contributed by atoms with Gasteiger partial charge in [-0.15, -0.1) is 0 Å². The van der Waals surface area contributed by atoms with E-state index in [2.05, 4.69) is 10.6 Å². The number of nitro groups is 1. The largest absolute Gasteiger partial charge is 0.444 e. The third kappa shape index (κ3) is 5.28. The van der Waals surface area contributed by atoms with Gasteiger partial charge in [-0.25, -0.2) is 9.18 Å². The van der Waals surface area contributed by atoms with E-state index in [9.17, 15) is 24.1 Å². The molecule has 1 aliphatic rings. The Morgan fingerprint density at radius 3 is 2.59 bits per heavy atom. The van der Waals surface area contributed by atoms with Gasteiger partial charge in [0.15, 0.2) is 0 Å². The van der Waals surface area contributed by atoms with E-state index in [1.54, 1.807) is 25.7 Å². The molecular formula is C17H23FN4O5. The molecule has 9 nitrogen and oxygen atoms in total. The molecule has 0 aromatic heterocycles. The summed E-state index contributed by atoms with van der Waals surface area (Å²) in [5.41, 5.74) is -1.22. The second-order valence-corrected chi connectivity index (χ2v) is 7.31. The predicted molar refractivity (Wildman–Crippen MR) is 97.3 cm³/mol. The SMILES string of the molecule is CC(=O)Nc1c(F)ccc([N+](=O)[O-])c1N1CC[C@@H](NC(=O)OC(C)(C)C)C1. The van der Waals surface area contributed by atoms with E-state index in [0.29, 0.717) is 13.0 Å². The number of ether oxygens (including phenoxy) is 1. The summed E-state index contributed by atoms with van der Waals surface area (Å²) in [6, 6.07) is 1.68. The standard InChI is InChI=1S/C17H23FN4O5/c1-10(23)19-14-12(18)5-6-13(22(25)26)15(14)21-8-7-11(9-21)20-16(24)27-17(2,3)4/h5-6,11H,7-9H2,1-4H3,(H,19,23)(H,20,24)/t11-/m1/s1. The number of nitrogens with one attached hydrogen (secondary N) is 2. The van der Waals surface area contributed by atoms with Crippen LogP contribution in [-0.2, 0) is 9.53 Å². The van der Waals surface area contributed by atoms with Crippen molar-refractivity contribution in [2.24, 2.45) is 0 Å². The van der Waals surface area contributed by atoms with E-state index in [1.165, 1.54) is 6.92 Å². The van der Waals surface area contributed by atoms with Crippen molar-refractivity contribution in [2.45, 2.75) is 45.8 Å². The van der Waals surface area contributed by atoms with Gasteiger partial charge in [0.05, 0.1) is 11.0 Å². The van der Waals surface area contributed by atoms with Crippen LogP contribution in [0.5, 0.6) is 0 Å². The van der Waals surface area contributed by atoms with E-state index in [-0.39, 0.29) is 29.6 Å². The molecule has 1 aromatic rings. The number of halogens is 1. The Hall–Kier alpha value is -2.91. The normalized spacial score (nSPS) is 16.8. The van der Waals surface area contributed by atoms with Crippen LogP contribution in [0, 0.1) is 15.9 Å². The third-order valence-electron chi connectivity index (χ3n) is 3.83. The lowest BCUT2D eigenvalue weighted by Crippen LogP contribution is -2.40. The zero-order valence-electron chi connectivity index (χ0n) is 15.7. The minimum Gasteiger partial charge on any atom is -0.444 e. The van der Waals surface area contributed by atoms with Gasteiger partial charge in [-0.1, -0.05) is 0 Å². The zero-order chi connectivity index (χ0) is 20.4. The maximum atomic E-state index is 14.2. The molecular weight excluding hydrogens is 359 g/mol. The van der Waals surface area contributed by atoms with Crippen LogP contribution in [0.3, 0.4) is 0 Å². The molecule has 0 unspecified atom stereocenters. The summed E-state index contributed by atoms with van der Waals surface area (Å²) in [6.07, 6.45) is -0.0999. The number of rotatable bonds is 4. The second-order valence-electron chi connectivity index (χ2n) is 7.31. The van der Waals surface area contributed by atoms with Crippen LogP contribution in [-0.4, -0.2) is 41.7 Å². The van der Waals surface area contributed by atoms with Gasteiger partial charge in [-0.3, -0.25) is 14.9 Å². The molecule has 27 heavy (non-hydrogen) atoms. The van der Waals surface area contributed by atoms with E-state index in [4.69, 9.17) is 4.74 Å². The molecule has 1 heterocycles. The maximum absolute atomic E-state index is 14.2. The average Bonchev–Trinajstić information content (AvgIpc) is 2.94. The Morgan fingerprint density at radius 1 is 1.37 bits per heavy atom. The van der Waals surface area contributed by atoms with Crippen LogP contribution in [0.2, 0.25) is 0 Å². The lowest BCUT2D eigenvalue weighted by Gasteiger charge is -2.23. The number of alkyl carbamates (subject to hydrolysis) is 1. The summed E-state index contributed by atoms with van der Waals surface area (Å²) in [5.74, 6) is -1.31. The first-order valence-electron chi connectivity index (χ1n) is 8.47. The molecule has 148 valence electrons. The van der Waals surface area contributed by atoms with Crippen LogP contribution < -0.4 is 15.5 Å². The Bertz CT molecular complexity index is 762. The van der Waals surface area contributed by atoms with Crippen LogP contribution in [0.4, 0.5) is 26.2 Å². The fraction of sp³-hybridized carbons (Fsp3) is 0.529. The highest BCUT2D eigenvalue weighted by atomic mass is 19.1. The van der Waals surface area contributed by atoms with Crippen molar-refractivity contribution in [3.8, 4) is 0 Å². The van der Waals surface area contributed by atoms with Crippen molar-refractivity contribution in [1.29, 1.82) is 0 Å². The minimum atomic E-state index is -0.769. The van der Waals surface area contributed by atoms with Gasteiger partial charge >= 0.3 is 6.09 Å². The first-order chi connectivity index (χ1) is 12.5. The van der Waals surface area contributed by atoms with Gasteiger partial charge in [-0.05, 0) is 33.3 Å². The number of nitrogens with zero attached hydrogens (tertiary/aromatic N) is 2. The van der Waals surface area contributed by atoms with Gasteiger partial charge in [0, 0.05) is 26.1 Å². The molecule has 0 spiro atoms. The van der Waals surface area contributed by atoms with Crippen molar-refractivity contribution in [1.82, 2.24) is 5.32 Å². The summed E-state index contributed by atoms with van der Waals surface area (Å²) >= 11 is 0. The van der Waals surface area contributed by atoms with Crippen LogP contribution >= 0.6 is 0 Å². The quantitative estimate of drug-likeness (QED) is 0.611. The molecule has 0 aliphatic carbocycles. The number of benzene rings is 1. The van der Waals surface area contributed by atoms with E-state index < -0.39 is 28.3 Å². The van der Waals surface area contributed by atoms with Crippen molar-refractivity contribution >= 4 is 29.1 Å². The predicted octanol–water partition coefficient (Wildman–Crippen LogP) is 2.80. The number of carbonyl (C=O) groups excluding carboxylic acids is 2. The topological polar surface area (TPSA) is 114 Å². The Labute approximate surface area is 156 Å². The molecule has 1 aromatic carbocycles. The van der Waals surface area contributed by atoms with Gasteiger partial charge in [0.2, 0.25) is 5.91 Å². The molecule has 2 amide bonds. The molecule has 10 heteroatoms. The lowest BCUT2D eigenvalue weighted by atomic mass is 10.2. The number of hydrogen-bond donors (Lipinski definition) is 2. The van der Waals surface area contributed by atoms with Gasteiger partial charge in [-0.2, -0.15) is 0 Å². The third-order valence-corrected chi connectivity index (χ3v) is 3.83. The molecule has 1 aliphatic heterocycles. The van der Waals surface area contributed by atoms with Crippen molar-refractivity contribution < 1.29 is 23.6 Å². The molecule has 2 rings (SSSR count). The highest BCUT2D eigenvalue weighted by molar-refractivity contribution is 5.95. The summed E-state index contributed by atoms with van der Waals surface area (Å²) in [5, 5.41) is 16.4. The summed E-state index contributed by atoms with van der Waals surface area (Å²) in [6.45, 7) is 6.97. The average molecular weight is 382 g/mol. The summed E-state index contributed by atoms with van der Waals surface area (Å²) in [7, 11) is 0. The Kier molecular flexibility index (Phi) is 5.87. The van der Waals surface area contributed by atoms with Crippen LogP contribution in [0.25, 0.3) is 0 Å². The Balaban J connectivity index is 2.25. The van der Waals surface area contributed by atoms with Crippen LogP contribution in [0.15, 0.2) is 12.1 Å². The van der Waals surface area contributed by atoms with Crippen LogP contribution in [0.1, 0.15) is 34.1 Å². The number of amides is 2. The zero-order valence-corrected chi connectivity index (χ0v) is 15.7. The maximum Gasteiger partial charge on any atom is 0.407 e. The minimum absolute atomic E-state index is 0.0105. The Morgan fingerprint density at radius 2 is 2.04 bits per heavy atom. The molecule has 1 fully saturated rings. The fourth-order valence-corrected chi connectivity index (χ4v) is 2.87. The fourth-order valence-electron chi connectivity index (χ4n) is 2.87. The first-order valence-corrected chi connectivity index (χ1v) is 8.47. The van der Waals surface area contributed by atoms with E-state index in [0.717, 1.165) is 12.1 Å². The number of anilines is 2. The van der Waals surface area contributed by atoms with E-state index >= 15 is 0 Å². The lowest BCUT2D eigenvalue weighted by molar-refractivity contribution is -0.384. The highest BCUT2D eigenvalue weighted by Crippen LogP contribution is 2.39. The second kappa shape index (κ2) is 7.77. The highest BCUT2D eigenvalue weighted by Gasteiger charge is 2.33. The molecule has 1 saturated heterocycles. The van der Waals surface area contributed by atoms with Gasteiger partial charge < -0.3 is 20.3 Å². The van der Waals surface area contributed by atoms with Crippen molar-refractivity contribution in [3.05, 3.63) is 28.1 Å². The summed E-state index contributed by atoms with van der Waals surface area (Å²) < 4.78 is 19.5. The number of nitro benzene ring substituents is 1. The molecule has 0 bridgehead atoms. The number of hydrogen-bond acceptors (Lipinski definition) is 6. The van der Waals surface area contributed by atoms with Crippen molar-refractivity contribution in [2.75, 3.05) is 23.3 Å². The van der Waals surface area contributed by atoms with Gasteiger partial charge in [0.25, 0.3) is 5.69 Å². The molecule has 0 saturated carbocycles. The summed E-state index contributed by atoms with van der Waals surface area (Å²) in [4.78, 5) is 35.7.